The summed E-state index contributed by atoms with van der Waals surface area (Å²) >= 11 is 1.87. The van der Waals surface area contributed by atoms with E-state index in [2.05, 4.69) is 214 Å². The van der Waals surface area contributed by atoms with E-state index in [-0.39, 0.29) is 0 Å². The Hall–Kier alpha value is -7.40. The Morgan fingerprint density at radius 2 is 0.655 bits per heavy atom. The van der Waals surface area contributed by atoms with Gasteiger partial charge in [-0.15, -0.1) is 11.3 Å². The summed E-state index contributed by atoms with van der Waals surface area (Å²) in [6, 6.07) is 73.9. The topological polar surface area (TPSA) is 14.8 Å². The third-order valence-electron chi connectivity index (χ3n) is 12.2. The average molecular weight is 756 g/mol. The molecule has 0 N–H and O–H groups in total. The number of benzene rings is 9. The van der Waals surface area contributed by atoms with E-state index >= 15 is 0 Å². The van der Waals surface area contributed by atoms with Crippen molar-refractivity contribution in [2.45, 2.75) is 0 Å². The Morgan fingerprint density at radius 1 is 0.241 bits per heavy atom. The molecule has 0 fully saturated rings. The van der Waals surface area contributed by atoms with Gasteiger partial charge in [0.25, 0.3) is 0 Å². The summed E-state index contributed by atoms with van der Waals surface area (Å²) in [5.41, 5.74) is 13.0. The molecule has 270 valence electrons. The molecule has 9 aromatic carbocycles. The molecule has 0 amide bonds. The van der Waals surface area contributed by atoms with Gasteiger partial charge in [-0.1, -0.05) is 121 Å². The minimum absolute atomic E-state index is 1.13. The molecule has 3 nitrogen and oxygen atoms in total. The maximum absolute atomic E-state index is 2.44. The summed E-state index contributed by atoms with van der Waals surface area (Å²) < 4.78 is 9.96. The Morgan fingerprint density at radius 3 is 1.19 bits per heavy atom. The van der Waals surface area contributed by atoms with Gasteiger partial charge in [0.15, 0.2) is 0 Å². The summed E-state index contributed by atoms with van der Waals surface area (Å²) in [7, 11) is 0. The average Bonchev–Trinajstić information content (AvgIpc) is 4.02. The van der Waals surface area contributed by atoms with Gasteiger partial charge < -0.3 is 13.7 Å². The van der Waals surface area contributed by atoms with Crippen LogP contribution in [0, 0.1) is 0 Å². The van der Waals surface area contributed by atoms with Gasteiger partial charge in [0.2, 0.25) is 0 Å². The van der Waals surface area contributed by atoms with Gasteiger partial charge in [0.1, 0.15) is 0 Å². The Bertz CT molecular complexity index is 3580. The molecule has 4 heterocycles. The number of para-hydroxylation sites is 5. The minimum atomic E-state index is 1.13. The van der Waals surface area contributed by atoms with Crippen molar-refractivity contribution >= 4 is 96.9 Å². The smallest absolute Gasteiger partial charge is 0.0541 e. The first kappa shape index (κ1) is 31.8. The summed E-state index contributed by atoms with van der Waals surface area (Å²) in [5.74, 6) is 0. The molecule has 0 saturated heterocycles. The lowest BCUT2D eigenvalue weighted by Gasteiger charge is -2.16. The van der Waals surface area contributed by atoms with E-state index in [9.17, 15) is 0 Å². The number of rotatable bonds is 4. The van der Waals surface area contributed by atoms with Crippen LogP contribution in [-0.2, 0) is 0 Å². The fourth-order valence-corrected chi connectivity index (χ4v) is 10.8. The molecule has 0 spiro atoms. The van der Waals surface area contributed by atoms with Gasteiger partial charge in [0, 0.05) is 69.6 Å². The highest BCUT2D eigenvalue weighted by atomic mass is 32.1. The largest absolute Gasteiger partial charge is 0.309 e. The molecular weight excluding hydrogens is 723 g/mol. The summed E-state index contributed by atoms with van der Waals surface area (Å²) in [5, 5.41) is 10.1. The van der Waals surface area contributed by atoms with Crippen LogP contribution in [0.4, 0.5) is 0 Å². The van der Waals surface area contributed by atoms with E-state index in [1.54, 1.807) is 0 Å². The lowest BCUT2D eigenvalue weighted by molar-refractivity contribution is 1.13. The predicted molar refractivity (Wildman–Crippen MR) is 248 cm³/mol. The second-order valence-corrected chi connectivity index (χ2v) is 16.4. The Labute approximate surface area is 337 Å². The maximum atomic E-state index is 2.44. The molecule has 0 unspecified atom stereocenters. The number of hydrogen-bond acceptors (Lipinski definition) is 1. The fraction of sp³-hybridized carbons (Fsp3) is 0. The lowest BCUT2D eigenvalue weighted by atomic mass is 10.0. The summed E-state index contributed by atoms with van der Waals surface area (Å²) in [6.07, 6.45) is 0. The number of thiophene rings is 1. The van der Waals surface area contributed by atoms with Crippen molar-refractivity contribution in [3.63, 3.8) is 0 Å². The van der Waals surface area contributed by atoms with Crippen molar-refractivity contribution in [2.75, 3.05) is 0 Å². The van der Waals surface area contributed by atoms with Crippen LogP contribution in [0.2, 0.25) is 0 Å². The maximum Gasteiger partial charge on any atom is 0.0541 e. The predicted octanol–water partition coefficient (Wildman–Crippen LogP) is 15.0. The molecule has 4 heteroatoms. The molecule has 0 aliphatic rings. The highest BCUT2D eigenvalue weighted by Crippen LogP contribution is 2.41. The van der Waals surface area contributed by atoms with Crippen molar-refractivity contribution in [3.8, 4) is 28.2 Å². The van der Waals surface area contributed by atoms with Gasteiger partial charge >= 0.3 is 0 Å². The molecule has 13 aromatic rings. The fourth-order valence-electron chi connectivity index (χ4n) is 9.71. The molecule has 13 rings (SSSR count). The van der Waals surface area contributed by atoms with Crippen LogP contribution in [0.1, 0.15) is 0 Å². The van der Waals surface area contributed by atoms with Crippen molar-refractivity contribution < 1.29 is 0 Å². The van der Waals surface area contributed by atoms with Crippen molar-refractivity contribution in [1.82, 2.24) is 13.7 Å². The van der Waals surface area contributed by atoms with Gasteiger partial charge in [-0.05, 0) is 90.0 Å². The molecule has 0 atom stereocenters. The SMILES string of the molecule is c1ccc2c(c1)sc1cc(-n3c4ccccc4c4cc(-c5cc(-n6c7ccccc7c7ccccc76)cc(-n6c7ccccc7c7ccccc76)c5)ccc43)ccc12. The van der Waals surface area contributed by atoms with Crippen LogP contribution in [0.25, 0.3) is 114 Å². The van der Waals surface area contributed by atoms with Crippen LogP contribution in [0.3, 0.4) is 0 Å². The highest BCUT2D eigenvalue weighted by molar-refractivity contribution is 7.25. The van der Waals surface area contributed by atoms with Crippen LogP contribution < -0.4 is 0 Å². The zero-order chi connectivity index (χ0) is 37.9. The van der Waals surface area contributed by atoms with Gasteiger partial charge in [0.05, 0.1) is 33.1 Å². The quantitative estimate of drug-likeness (QED) is 0.170. The molecule has 0 radical (unpaired) electrons. The lowest BCUT2D eigenvalue weighted by Crippen LogP contribution is -2.00. The normalized spacial score (nSPS) is 12.1. The summed E-state index contributed by atoms with van der Waals surface area (Å²) in [6.45, 7) is 0. The molecule has 0 bridgehead atoms. The van der Waals surface area contributed by atoms with Crippen LogP contribution in [0.15, 0.2) is 200 Å². The van der Waals surface area contributed by atoms with Gasteiger partial charge in [-0.3, -0.25) is 0 Å². The third kappa shape index (κ3) is 4.49. The van der Waals surface area contributed by atoms with E-state index < -0.39 is 0 Å². The van der Waals surface area contributed by atoms with Crippen molar-refractivity contribution in [2.24, 2.45) is 0 Å². The van der Waals surface area contributed by atoms with Gasteiger partial charge in [-0.2, -0.15) is 0 Å². The van der Waals surface area contributed by atoms with E-state index in [0.29, 0.717) is 0 Å². The molecular formula is C54H33N3S. The van der Waals surface area contributed by atoms with Crippen LogP contribution >= 0.6 is 11.3 Å². The second kappa shape index (κ2) is 12.1. The Kier molecular flexibility index (Phi) is 6.60. The number of aromatic nitrogens is 3. The first-order valence-corrected chi connectivity index (χ1v) is 20.7. The number of nitrogens with zero attached hydrogens (tertiary/aromatic N) is 3. The summed E-state index contributed by atoms with van der Waals surface area (Å²) in [4.78, 5) is 0. The molecule has 0 saturated carbocycles. The number of fused-ring (bicyclic) bond motifs is 12. The monoisotopic (exact) mass is 755 g/mol. The van der Waals surface area contributed by atoms with E-state index in [1.807, 2.05) is 11.3 Å². The van der Waals surface area contributed by atoms with Crippen LogP contribution in [-0.4, -0.2) is 13.7 Å². The van der Waals surface area contributed by atoms with Crippen LogP contribution in [0.5, 0.6) is 0 Å². The second-order valence-electron chi connectivity index (χ2n) is 15.3. The molecule has 0 aliphatic carbocycles. The van der Waals surface area contributed by atoms with E-state index in [1.165, 1.54) is 102 Å². The van der Waals surface area contributed by atoms with E-state index in [0.717, 1.165) is 11.4 Å². The standard InChI is InChI=1S/C54H33N3S/c1-7-19-47-39(13-1)40-14-2-8-20-48(40)56(47)37-29-35(30-38(32-37)57-49-21-9-3-15-41(49)42-16-4-10-22-50(42)57)34-25-28-52-46(31-34)43-17-5-11-23-51(43)55(52)36-26-27-45-44-18-6-12-24-53(44)58-54(45)33-36/h1-33H. The zero-order valence-corrected chi connectivity index (χ0v) is 32.1. The number of hydrogen-bond donors (Lipinski definition) is 0. The highest BCUT2D eigenvalue weighted by Gasteiger charge is 2.19. The van der Waals surface area contributed by atoms with Crippen molar-refractivity contribution in [3.05, 3.63) is 200 Å². The molecule has 0 aliphatic heterocycles. The molecule has 58 heavy (non-hydrogen) atoms. The first-order valence-electron chi connectivity index (χ1n) is 19.8. The van der Waals surface area contributed by atoms with E-state index in [4.69, 9.17) is 0 Å². The first-order chi connectivity index (χ1) is 28.8. The minimum Gasteiger partial charge on any atom is -0.309 e. The van der Waals surface area contributed by atoms with Gasteiger partial charge in [-0.25, -0.2) is 0 Å². The molecule has 4 aromatic heterocycles. The third-order valence-corrected chi connectivity index (χ3v) is 13.3. The van der Waals surface area contributed by atoms with Crippen molar-refractivity contribution in [1.29, 1.82) is 0 Å². The Balaban J connectivity index is 1.08. The zero-order valence-electron chi connectivity index (χ0n) is 31.3.